The molecule has 0 unspecified atom stereocenters. The molecule has 0 atom stereocenters. The lowest BCUT2D eigenvalue weighted by Crippen LogP contribution is -1.96. The van der Waals surface area contributed by atoms with Gasteiger partial charge in [0.1, 0.15) is 18.1 Å². The number of H-pyrrole nitrogens is 1. The largest absolute Gasteiger partial charge is 0.497 e. The lowest BCUT2D eigenvalue weighted by Gasteiger charge is -2.07. The molecule has 4 heteroatoms. The Balaban J connectivity index is 1.78. The smallest absolute Gasteiger partial charge is 0.123 e. The van der Waals surface area contributed by atoms with E-state index in [1.165, 1.54) is 0 Å². The van der Waals surface area contributed by atoms with Crippen molar-refractivity contribution in [2.45, 2.75) is 13.2 Å². The van der Waals surface area contributed by atoms with Gasteiger partial charge in [-0.3, -0.25) is 0 Å². The van der Waals surface area contributed by atoms with Crippen LogP contribution < -0.4 is 15.2 Å². The molecule has 0 aliphatic carbocycles. The average Bonchev–Trinajstić information content (AvgIpc) is 2.95. The monoisotopic (exact) mass is 282 g/mol. The first-order chi connectivity index (χ1) is 10.3. The molecule has 0 aliphatic heterocycles. The van der Waals surface area contributed by atoms with E-state index in [-0.39, 0.29) is 0 Å². The van der Waals surface area contributed by atoms with E-state index in [1.54, 1.807) is 7.11 Å². The van der Waals surface area contributed by atoms with Crippen LogP contribution >= 0.6 is 0 Å². The van der Waals surface area contributed by atoms with E-state index in [2.05, 4.69) is 17.1 Å². The Labute approximate surface area is 123 Å². The number of aromatic nitrogens is 1. The Morgan fingerprint density at radius 1 is 1.10 bits per heavy atom. The van der Waals surface area contributed by atoms with E-state index in [0.717, 1.165) is 33.5 Å². The lowest BCUT2D eigenvalue weighted by atomic mass is 10.1. The maximum Gasteiger partial charge on any atom is 0.123 e. The Kier molecular flexibility index (Phi) is 3.79. The van der Waals surface area contributed by atoms with Crippen molar-refractivity contribution in [3.8, 4) is 11.5 Å². The molecular formula is C17H18N2O2. The van der Waals surface area contributed by atoms with Gasteiger partial charge in [0.2, 0.25) is 0 Å². The van der Waals surface area contributed by atoms with Gasteiger partial charge in [-0.15, -0.1) is 0 Å². The Hall–Kier alpha value is -2.46. The van der Waals surface area contributed by atoms with Gasteiger partial charge >= 0.3 is 0 Å². The molecule has 0 saturated heterocycles. The summed E-state index contributed by atoms with van der Waals surface area (Å²) in [7, 11) is 1.65. The van der Waals surface area contributed by atoms with Crippen LogP contribution in [0.2, 0.25) is 0 Å². The standard InChI is InChI=1S/C17H18N2O2/c1-20-14-3-2-4-15(8-14)21-11-13-10-19-17-7-12(9-18)5-6-16(13)17/h2-8,10,19H,9,11,18H2,1H3. The van der Waals surface area contributed by atoms with Gasteiger partial charge in [-0.25, -0.2) is 0 Å². The molecule has 2 aromatic carbocycles. The highest BCUT2D eigenvalue weighted by molar-refractivity contribution is 5.83. The molecule has 3 N–H and O–H groups in total. The van der Waals surface area contributed by atoms with E-state index in [1.807, 2.05) is 36.5 Å². The van der Waals surface area contributed by atoms with Crippen molar-refractivity contribution in [2.75, 3.05) is 7.11 Å². The highest BCUT2D eigenvalue weighted by Crippen LogP contribution is 2.23. The maximum absolute atomic E-state index is 5.83. The molecule has 0 bridgehead atoms. The van der Waals surface area contributed by atoms with E-state index < -0.39 is 0 Å². The van der Waals surface area contributed by atoms with Gasteiger partial charge < -0.3 is 20.2 Å². The number of ether oxygens (including phenoxy) is 2. The number of methoxy groups -OCH3 is 1. The highest BCUT2D eigenvalue weighted by Gasteiger charge is 2.05. The summed E-state index contributed by atoms with van der Waals surface area (Å²) in [5.41, 5.74) is 8.98. The number of nitrogens with two attached hydrogens (primary N) is 1. The van der Waals surface area contributed by atoms with Gasteiger partial charge in [-0.1, -0.05) is 18.2 Å². The van der Waals surface area contributed by atoms with Gasteiger partial charge in [0.25, 0.3) is 0 Å². The predicted molar refractivity (Wildman–Crippen MR) is 83.5 cm³/mol. The fourth-order valence-electron chi connectivity index (χ4n) is 2.33. The number of fused-ring (bicyclic) bond motifs is 1. The van der Waals surface area contributed by atoms with E-state index in [0.29, 0.717) is 13.2 Å². The molecular weight excluding hydrogens is 264 g/mol. The molecule has 21 heavy (non-hydrogen) atoms. The second-order valence-electron chi connectivity index (χ2n) is 4.87. The minimum Gasteiger partial charge on any atom is -0.497 e. The molecule has 3 aromatic rings. The predicted octanol–water partition coefficient (Wildman–Crippen LogP) is 3.21. The summed E-state index contributed by atoms with van der Waals surface area (Å²) in [5.74, 6) is 1.58. The first-order valence-electron chi connectivity index (χ1n) is 6.86. The minimum atomic E-state index is 0.509. The summed E-state index contributed by atoms with van der Waals surface area (Å²) < 4.78 is 11.0. The molecule has 1 aromatic heterocycles. The SMILES string of the molecule is COc1cccc(OCc2c[nH]c3cc(CN)ccc23)c1. The zero-order valence-electron chi connectivity index (χ0n) is 11.9. The molecule has 0 fully saturated rings. The van der Waals surface area contributed by atoms with Crippen LogP contribution in [0.25, 0.3) is 10.9 Å². The van der Waals surface area contributed by atoms with Gasteiger partial charge in [0.05, 0.1) is 7.11 Å². The summed E-state index contributed by atoms with van der Waals surface area (Å²) in [6.45, 7) is 1.06. The van der Waals surface area contributed by atoms with Crippen LogP contribution in [0.15, 0.2) is 48.7 Å². The zero-order chi connectivity index (χ0) is 14.7. The maximum atomic E-state index is 5.83. The topological polar surface area (TPSA) is 60.3 Å². The molecule has 0 spiro atoms. The van der Waals surface area contributed by atoms with Gasteiger partial charge in [0.15, 0.2) is 0 Å². The van der Waals surface area contributed by atoms with E-state index >= 15 is 0 Å². The lowest BCUT2D eigenvalue weighted by molar-refractivity contribution is 0.305. The summed E-state index contributed by atoms with van der Waals surface area (Å²) in [6, 6.07) is 13.8. The van der Waals surface area contributed by atoms with Crippen molar-refractivity contribution < 1.29 is 9.47 Å². The van der Waals surface area contributed by atoms with Crippen LogP contribution in [0.1, 0.15) is 11.1 Å². The van der Waals surface area contributed by atoms with Crippen molar-refractivity contribution >= 4 is 10.9 Å². The number of hydrogen-bond donors (Lipinski definition) is 2. The molecule has 3 rings (SSSR count). The van der Waals surface area contributed by atoms with Crippen molar-refractivity contribution in [2.24, 2.45) is 5.73 Å². The average molecular weight is 282 g/mol. The van der Waals surface area contributed by atoms with E-state index in [4.69, 9.17) is 15.2 Å². The summed E-state index contributed by atoms with van der Waals surface area (Å²) in [5, 5.41) is 1.16. The van der Waals surface area contributed by atoms with Gasteiger partial charge in [0, 0.05) is 35.3 Å². The van der Waals surface area contributed by atoms with Crippen molar-refractivity contribution in [1.82, 2.24) is 4.98 Å². The van der Waals surface area contributed by atoms with Crippen molar-refractivity contribution in [3.63, 3.8) is 0 Å². The molecule has 4 nitrogen and oxygen atoms in total. The third kappa shape index (κ3) is 2.85. The van der Waals surface area contributed by atoms with Crippen LogP contribution in [-0.4, -0.2) is 12.1 Å². The summed E-state index contributed by atoms with van der Waals surface area (Å²) >= 11 is 0. The molecule has 0 aliphatic rings. The fraction of sp³-hybridized carbons (Fsp3) is 0.176. The molecule has 1 heterocycles. The third-order valence-corrected chi connectivity index (χ3v) is 3.50. The number of rotatable bonds is 5. The zero-order valence-corrected chi connectivity index (χ0v) is 11.9. The Morgan fingerprint density at radius 2 is 1.95 bits per heavy atom. The van der Waals surface area contributed by atoms with Crippen molar-refractivity contribution in [3.05, 3.63) is 59.8 Å². The highest BCUT2D eigenvalue weighted by atomic mass is 16.5. The first-order valence-corrected chi connectivity index (χ1v) is 6.86. The molecule has 0 saturated carbocycles. The van der Waals surface area contributed by atoms with Crippen LogP contribution in [0, 0.1) is 0 Å². The third-order valence-electron chi connectivity index (χ3n) is 3.50. The molecule has 0 radical (unpaired) electrons. The summed E-state index contributed by atoms with van der Waals surface area (Å²) in [4.78, 5) is 3.26. The first kappa shape index (κ1) is 13.5. The molecule has 0 amide bonds. The molecule has 108 valence electrons. The van der Waals surface area contributed by atoms with Crippen LogP contribution in [-0.2, 0) is 13.2 Å². The normalized spacial score (nSPS) is 10.8. The minimum absolute atomic E-state index is 0.509. The van der Waals surface area contributed by atoms with Crippen LogP contribution in [0.3, 0.4) is 0 Å². The number of nitrogens with one attached hydrogen (secondary N) is 1. The number of benzene rings is 2. The Bertz CT molecular complexity index is 749. The number of aromatic amines is 1. The van der Waals surface area contributed by atoms with Gasteiger partial charge in [-0.05, 0) is 23.8 Å². The number of hydrogen-bond acceptors (Lipinski definition) is 3. The fourth-order valence-corrected chi connectivity index (χ4v) is 2.33. The van der Waals surface area contributed by atoms with E-state index in [9.17, 15) is 0 Å². The van der Waals surface area contributed by atoms with Crippen LogP contribution in [0.5, 0.6) is 11.5 Å². The summed E-state index contributed by atoms with van der Waals surface area (Å²) in [6.07, 6.45) is 1.98. The Morgan fingerprint density at radius 3 is 2.76 bits per heavy atom. The van der Waals surface area contributed by atoms with Crippen LogP contribution in [0.4, 0.5) is 0 Å². The van der Waals surface area contributed by atoms with Crippen molar-refractivity contribution in [1.29, 1.82) is 0 Å². The quantitative estimate of drug-likeness (QED) is 0.755. The second kappa shape index (κ2) is 5.89. The van der Waals surface area contributed by atoms with Gasteiger partial charge in [-0.2, -0.15) is 0 Å². The second-order valence-corrected chi connectivity index (χ2v) is 4.87.